The van der Waals surface area contributed by atoms with Crippen molar-refractivity contribution in [2.75, 3.05) is 0 Å². The first-order valence-electron chi connectivity index (χ1n) is 9.76. The van der Waals surface area contributed by atoms with Crippen LogP contribution in [0.15, 0.2) is 65.8 Å². The molecule has 8 nitrogen and oxygen atoms in total. The van der Waals surface area contributed by atoms with Crippen LogP contribution in [-0.4, -0.2) is 36.7 Å². The molecule has 0 aliphatic carbocycles. The van der Waals surface area contributed by atoms with Crippen molar-refractivity contribution in [2.24, 2.45) is 5.10 Å². The van der Waals surface area contributed by atoms with Gasteiger partial charge in [0.1, 0.15) is 11.4 Å². The highest BCUT2D eigenvalue weighted by atomic mass is 16.3. The Morgan fingerprint density at radius 1 is 1.10 bits per heavy atom. The lowest BCUT2D eigenvalue weighted by atomic mass is 10.1. The number of H-pyrrole nitrogens is 1. The molecule has 0 bridgehead atoms. The molecule has 2 aromatic heterocycles. The Morgan fingerprint density at radius 3 is 2.55 bits per heavy atom. The molecule has 0 spiro atoms. The fourth-order valence-electron chi connectivity index (χ4n) is 3.43. The quantitative estimate of drug-likeness (QED) is 0.341. The van der Waals surface area contributed by atoms with E-state index in [1.807, 2.05) is 48.9 Å². The second kappa shape index (κ2) is 8.27. The number of aromatic amines is 1. The molecule has 2 heterocycles. The van der Waals surface area contributed by atoms with Crippen molar-refractivity contribution >= 4 is 11.6 Å². The fourth-order valence-corrected chi connectivity index (χ4v) is 3.43. The summed E-state index contributed by atoms with van der Waals surface area (Å²) in [7, 11) is 0. The number of carbonyl (C=O) groups is 1. The van der Waals surface area contributed by atoms with Crippen molar-refractivity contribution in [1.82, 2.24) is 25.4 Å². The number of aryl methyl sites for hydroxylation is 1. The monoisotopic (exact) mass is 414 g/mol. The van der Waals surface area contributed by atoms with Gasteiger partial charge in [-0.05, 0) is 51.1 Å². The minimum atomic E-state index is -0.431. The molecule has 0 atom stereocenters. The zero-order valence-electron chi connectivity index (χ0n) is 17.4. The SMILES string of the molecule is C/C(=N/NC(=O)c1cc(-c2c(C)nn(-c3ccccc3)c2C)n[nH]1)c1ccccc1O. The van der Waals surface area contributed by atoms with E-state index >= 15 is 0 Å². The van der Waals surface area contributed by atoms with Crippen molar-refractivity contribution in [1.29, 1.82) is 0 Å². The standard InChI is InChI=1S/C23H22N6O2/c1-14(18-11-7-8-12-21(18)30)24-27-23(31)20-13-19(25-26-20)22-15(2)28-29(16(22)3)17-9-5-4-6-10-17/h4-13,30H,1-3H3,(H,25,26)(H,27,31)/b24-14-. The zero-order chi connectivity index (χ0) is 22.0. The van der Waals surface area contributed by atoms with Crippen LogP contribution in [0.5, 0.6) is 5.75 Å². The van der Waals surface area contributed by atoms with Crippen LogP contribution in [-0.2, 0) is 0 Å². The minimum Gasteiger partial charge on any atom is -0.507 e. The zero-order valence-corrected chi connectivity index (χ0v) is 17.4. The highest BCUT2D eigenvalue weighted by Crippen LogP contribution is 2.27. The molecule has 4 aromatic rings. The van der Waals surface area contributed by atoms with Crippen molar-refractivity contribution in [2.45, 2.75) is 20.8 Å². The highest BCUT2D eigenvalue weighted by molar-refractivity contribution is 6.02. The number of hydrazone groups is 1. The van der Waals surface area contributed by atoms with Gasteiger partial charge in [-0.3, -0.25) is 9.89 Å². The maximum Gasteiger partial charge on any atom is 0.289 e. The molecule has 0 aliphatic heterocycles. The predicted octanol–water partition coefficient (Wildman–Crippen LogP) is 3.74. The number of hydrogen-bond acceptors (Lipinski definition) is 5. The number of benzene rings is 2. The molecule has 31 heavy (non-hydrogen) atoms. The van der Waals surface area contributed by atoms with Crippen molar-refractivity contribution in [3.63, 3.8) is 0 Å². The van der Waals surface area contributed by atoms with Crippen molar-refractivity contribution < 1.29 is 9.90 Å². The van der Waals surface area contributed by atoms with Crippen LogP contribution in [0, 0.1) is 13.8 Å². The molecule has 0 saturated carbocycles. The number of carbonyl (C=O) groups excluding carboxylic acids is 1. The molecule has 0 aliphatic rings. The summed E-state index contributed by atoms with van der Waals surface area (Å²) < 4.78 is 1.86. The van der Waals surface area contributed by atoms with Gasteiger partial charge in [0, 0.05) is 11.1 Å². The second-order valence-corrected chi connectivity index (χ2v) is 7.12. The average Bonchev–Trinajstić information content (AvgIpc) is 3.37. The maximum atomic E-state index is 12.5. The first-order valence-corrected chi connectivity index (χ1v) is 9.76. The molecule has 4 rings (SSSR count). The molecule has 2 aromatic carbocycles. The molecular formula is C23H22N6O2. The van der Waals surface area contributed by atoms with Crippen molar-refractivity contribution in [3.05, 3.63) is 83.3 Å². The lowest BCUT2D eigenvalue weighted by molar-refractivity contribution is 0.0950. The van der Waals surface area contributed by atoms with E-state index in [4.69, 9.17) is 0 Å². The Bertz CT molecular complexity index is 1270. The van der Waals surface area contributed by atoms with Crippen LogP contribution in [0.1, 0.15) is 34.4 Å². The van der Waals surface area contributed by atoms with Gasteiger partial charge in [0.05, 0.1) is 28.5 Å². The smallest absolute Gasteiger partial charge is 0.289 e. The number of amides is 1. The second-order valence-electron chi connectivity index (χ2n) is 7.12. The Morgan fingerprint density at radius 2 is 1.81 bits per heavy atom. The number of phenols is 1. The van der Waals surface area contributed by atoms with Crippen LogP contribution in [0.25, 0.3) is 16.9 Å². The van der Waals surface area contributed by atoms with Gasteiger partial charge < -0.3 is 5.11 Å². The first kappa shape index (κ1) is 20.1. The molecule has 8 heteroatoms. The van der Waals surface area contributed by atoms with Gasteiger partial charge in [0.15, 0.2) is 0 Å². The third-order valence-electron chi connectivity index (χ3n) is 4.99. The maximum absolute atomic E-state index is 12.5. The van der Waals surface area contributed by atoms with E-state index in [2.05, 4.69) is 25.8 Å². The van der Waals surface area contributed by atoms with E-state index in [-0.39, 0.29) is 11.4 Å². The molecule has 156 valence electrons. The Kier molecular flexibility index (Phi) is 5.36. The van der Waals surface area contributed by atoms with E-state index < -0.39 is 5.91 Å². The lowest BCUT2D eigenvalue weighted by Gasteiger charge is -2.04. The van der Waals surface area contributed by atoms with Crippen LogP contribution in [0.2, 0.25) is 0 Å². The van der Waals surface area contributed by atoms with E-state index in [9.17, 15) is 9.90 Å². The van der Waals surface area contributed by atoms with Gasteiger partial charge in [-0.25, -0.2) is 10.1 Å². The van der Waals surface area contributed by atoms with Gasteiger partial charge in [-0.15, -0.1) is 0 Å². The summed E-state index contributed by atoms with van der Waals surface area (Å²) in [6.45, 7) is 5.59. The summed E-state index contributed by atoms with van der Waals surface area (Å²) in [5, 5.41) is 25.7. The first-order chi connectivity index (χ1) is 15.0. The Balaban J connectivity index is 1.56. The number of phenolic OH excluding ortho intramolecular Hbond substituents is 1. The molecular weight excluding hydrogens is 392 g/mol. The summed E-state index contributed by atoms with van der Waals surface area (Å²) in [5.41, 5.74) is 8.00. The summed E-state index contributed by atoms with van der Waals surface area (Å²) in [6.07, 6.45) is 0. The van der Waals surface area contributed by atoms with Crippen molar-refractivity contribution in [3.8, 4) is 22.7 Å². The average molecular weight is 414 g/mol. The minimum absolute atomic E-state index is 0.100. The molecule has 0 saturated heterocycles. The van der Waals surface area contributed by atoms with E-state index in [1.165, 1.54) is 0 Å². The van der Waals surface area contributed by atoms with E-state index in [0.29, 0.717) is 17.0 Å². The predicted molar refractivity (Wildman–Crippen MR) is 118 cm³/mol. The third kappa shape index (κ3) is 3.95. The number of para-hydroxylation sites is 2. The van der Waals surface area contributed by atoms with Crippen LogP contribution < -0.4 is 5.43 Å². The number of nitrogens with one attached hydrogen (secondary N) is 2. The number of aromatic hydroxyl groups is 1. The molecule has 0 fully saturated rings. The summed E-state index contributed by atoms with van der Waals surface area (Å²) in [5.74, 6) is -0.331. The molecule has 0 radical (unpaired) electrons. The number of hydrogen-bond donors (Lipinski definition) is 3. The summed E-state index contributed by atoms with van der Waals surface area (Å²) >= 11 is 0. The van der Waals surface area contributed by atoms with Gasteiger partial charge in [0.25, 0.3) is 5.91 Å². The molecule has 1 amide bonds. The number of rotatable bonds is 5. The van der Waals surface area contributed by atoms with E-state index in [1.54, 1.807) is 37.3 Å². The van der Waals surface area contributed by atoms with Crippen LogP contribution >= 0.6 is 0 Å². The highest BCUT2D eigenvalue weighted by Gasteiger charge is 2.19. The van der Waals surface area contributed by atoms with Gasteiger partial charge in [-0.2, -0.15) is 15.3 Å². The van der Waals surface area contributed by atoms with E-state index in [0.717, 1.165) is 22.6 Å². The van der Waals surface area contributed by atoms with Gasteiger partial charge in [-0.1, -0.05) is 30.3 Å². The van der Waals surface area contributed by atoms with Crippen LogP contribution in [0.3, 0.4) is 0 Å². The lowest BCUT2D eigenvalue weighted by Crippen LogP contribution is -2.19. The third-order valence-corrected chi connectivity index (χ3v) is 4.99. The topological polar surface area (TPSA) is 108 Å². The Hall–Kier alpha value is -4.20. The summed E-state index contributed by atoms with van der Waals surface area (Å²) in [4.78, 5) is 12.5. The number of aromatic nitrogens is 4. The van der Waals surface area contributed by atoms with Gasteiger partial charge >= 0.3 is 0 Å². The van der Waals surface area contributed by atoms with Crippen LogP contribution in [0.4, 0.5) is 0 Å². The Labute approximate surface area is 179 Å². The molecule has 3 N–H and O–H groups in total. The van der Waals surface area contributed by atoms with Gasteiger partial charge in [0.2, 0.25) is 0 Å². The number of nitrogens with zero attached hydrogens (tertiary/aromatic N) is 4. The summed E-state index contributed by atoms with van der Waals surface area (Å²) in [6, 6.07) is 18.3. The molecule has 0 unspecified atom stereocenters. The largest absolute Gasteiger partial charge is 0.507 e. The normalized spacial score (nSPS) is 11.5. The fraction of sp³-hybridized carbons (Fsp3) is 0.130.